The number of aliphatic hydroxyl groups is 1. The molecule has 0 aromatic heterocycles. The summed E-state index contributed by atoms with van der Waals surface area (Å²) in [4.78, 5) is 14.9. The van der Waals surface area contributed by atoms with Crippen molar-refractivity contribution in [2.24, 2.45) is 5.41 Å². The molecule has 2 aliphatic heterocycles. The zero-order valence-corrected chi connectivity index (χ0v) is 18.3. The van der Waals surface area contributed by atoms with Crippen LogP contribution in [0.15, 0.2) is 36.4 Å². The number of hydrogen-bond acceptors (Lipinski definition) is 5. The fraction of sp³-hybridized carbons (Fsp3) is 0.435. The number of halogens is 1. The third kappa shape index (κ3) is 4.13. The highest BCUT2D eigenvalue weighted by atomic mass is 35.5. The van der Waals surface area contributed by atoms with E-state index >= 15 is 0 Å². The van der Waals surface area contributed by atoms with Crippen LogP contribution in [0.2, 0.25) is 5.02 Å². The third-order valence-corrected chi connectivity index (χ3v) is 6.03. The van der Waals surface area contributed by atoms with E-state index in [4.69, 9.17) is 16.3 Å². The summed E-state index contributed by atoms with van der Waals surface area (Å²) in [6.07, 6.45) is 0. The molecular weight excluding hydrogens is 402 g/mol. The van der Waals surface area contributed by atoms with Gasteiger partial charge in [-0.15, -0.1) is 0 Å². The summed E-state index contributed by atoms with van der Waals surface area (Å²) in [5.41, 5.74) is 3.80. The Balaban J connectivity index is 1.60. The molecule has 0 unspecified atom stereocenters. The predicted octanol–water partition coefficient (Wildman–Crippen LogP) is 3.39. The molecule has 0 bridgehead atoms. The third-order valence-electron chi connectivity index (χ3n) is 5.70. The first-order valence-corrected chi connectivity index (χ1v) is 10.5. The van der Waals surface area contributed by atoms with Gasteiger partial charge in [-0.3, -0.25) is 4.79 Å². The van der Waals surface area contributed by atoms with Gasteiger partial charge in [0.15, 0.2) is 0 Å². The van der Waals surface area contributed by atoms with E-state index in [2.05, 4.69) is 21.6 Å². The van der Waals surface area contributed by atoms with Gasteiger partial charge in [0, 0.05) is 42.8 Å². The first kappa shape index (κ1) is 21.0. The van der Waals surface area contributed by atoms with Crippen molar-refractivity contribution < 1.29 is 14.6 Å². The first-order valence-electron chi connectivity index (χ1n) is 10.1. The molecule has 2 aromatic rings. The first-order chi connectivity index (χ1) is 14.2. The van der Waals surface area contributed by atoms with Crippen LogP contribution in [0.25, 0.3) is 11.1 Å². The van der Waals surface area contributed by atoms with Crippen LogP contribution in [-0.4, -0.2) is 56.5 Å². The number of carbonyl (C=O) groups excluding carboxylic acids is 1. The van der Waals surface area contributed by atoms with Crippen LogP contribution < -0.4 is 15.5 Å². The maximum absolute atomic E-state index is 12.5. The molecule has 30 heavy (non-hydrogen) atoms. The van der Waals surface area contributed by atoms with E-state index in [0.717, 1.165) is 48.8 Å². The second kappa shape index (κ2) is 7.76. The molecule has 1 spiro atoms. The van der Waals surface area contributed by atoms with E-state index in [1.807, 2.05) is 19.2 Å². The van der Waals surface area contributed by atoms with Crippen molar-refractivity contribution in [1.82, 2.24) is 5.32 Å². The van der Waals surface area contributed by atoms with Crippen LogP contribution in [0.4, 0.5) is 11.4 Å². The van der Waals surface area contributed by atoms with Crippen LogP contribution in [-0.2, 0) is 4.74 Å². The molecule has 3 N–H and O–H groups in total. The Labute approximate surface area is 182 Å². The van der Waals surface area contributed by atoms with Gasteiger partial charge >= 0.3 is 0 Å². The fourth-order valence-corrected chi connectivity index (χ4v) is 4.19. The smallest absolute Gasteiger partial charge is 0.251 e. The highest BCUT2D eigenvalue weighted by molar-refractivity contribution is 6.33. The molecule has 4 rings (SSSR count). The van der Waals surface area contributed by atoms with Crippen LogP contribution in [0.5, 0.6) is 0 Å². The number of nitrogens with zero attached hydrogens (tertiary/aromatic N) is 1. The van der Waals surface area contributed by atoms with Crippen molar-refractivity contribution in [1.29, 1.82) is 0 Å². The van der Waals surface area contributed by atoms with Gasteiger partial charge < -0.3 is 25.4 Å². The number of rotatable bonds is 6. The molecule has 0 radical (unpaired) electrons. The van der Waals surface area contributed by atoms with Crippen LogP contribution in [0.3, 0.4) is 0 Å². The summed E-state index contributed by atoms with van der Waals surface area (Å²) in [5, 5.41) is 16.5. The van der Waals surface area contributed by atoms with E-state index in [0.29, 0.717) is 16.0 Å². The highest BCUT2D eigenvalue weighted by Crippen LogP contribution is 2.44. The van der Waals surface area contributed by atoms with E-state index in [1.165, 1.54) is 0 Å². The zero-order valence-electron chi connectivity index (χ0n) is 17.6. The SMILES string of the molecule is CNc1ccc(-c2cc(C(=O)NCC(C)(C)O)ccc2Cl)cc1N1CC2(COC2)C1. The number of benzene rings is 2. The molecule has 2 saturated heterocycles. The molecule has 2 heterocycles. The fourth-order valence-electron chi connectivity index (χ4n) is 3.97. The van der Waals surface area contributed by atoms with E-state index in [9.17, 15) is 9.90 Å². The van der Waals surface area contributed by atoms with E-state index in [-0.39, 0.29) is 12.5 Å². The number of anilines is 2. The average molecular weight is 430 g/mol. The number of hydrogen-bond donors (Lipinski definition) is 3. The van der Waals surface area contributed by atoms with Crippen LogP contribution >= 0.6 is 11.6 Å². The molecule has 2 fully saturated rings. The monoisotopic (exact) mass is 429 g/mol. The quantitative estimate of drug-likeness (QED) is 0.656. The van der Waals surface area contributed by atoms with E-state index < -0.39 is 5.60 Å². The molecule has 160 valence electrons. The standard InChI is InChI=1S/C23H28ClN3O3/c1-22(2,29)10-26-21(28)16-4-6-18(24)17(8-16)15-5-7-19(25-3)20(9-15)27-11-23(12-27)13-30-14-23/h4-9,25,29H,10-14H2,1-3H3,(H,26,28). The minimum atomic E-state index is -0.969. The second-order valence-electron chi connectivity index (χ2n) is 9.02. The molecule has 2 aliphatic rings. The summed E-state index contributed by atoms with van der Waals surface area (Å²) >= 11 is 6.50. The Morgan fingerprint density at radius 3 is 2.57 bits per heavy atom. The van der Waals surface area contributed by atoms with Crippen molar-refractivity contribution in [3.8, 4) is 11.1 Å². The van der Waals surface area contributed by atoms with Gasteiger partial charge in [0.25, 0.3) is 5.91 Å². The molecular formula is C23H28ClN3O3. The van der Waals surface area contributed by atoms with Gasteiger partial charge in [0.2, 0.25) is 0 Å². The summed E-state index contributed by atoms with van der Waals surface area (Å²) in [6.45, 7) is 7.13. The second-order valence-corrected chi connectivity index (χ2v) is 9.43. The van der Waals surface area contributed by atoms with Gasteiger partial charge in [-0.2, -0.15) is 0 Å². The Kier molecular flexibility index (Phi) is 5.43. The maximum Gasteiger partial charge on any atom is 0.251 e. The summed E-state index contributed by atoms with van der Waals surface area (Å²) < 4.78 is 5.39. The lowest BCUT2D eigenvalue weighted by molar-refractivity contribution is -0.126. The molecule has 6 nitrogen and oxygen atoms in total. The largest absolute Gasteiger partial charge is 0.389 e. The van der Waals surface area contributed by atoms with Crippen LogP contribution in [0, 0.1) is 5.41 Å². The van der Waals surface area contributed by atoms with Crippen molar-refractivity contribution in [2.75, 3.05) is 50.1 Å². The Morgan fingerprint density at radius 1 is 1.23 bits per heavy atom. The van der Waals surface area contributed by atoms with Gasteiger partial charge in [-0.05, 0) is 49.7 Å². The summed E-state index contributed by atoms with van der Waals surface area (Å²) in [7, 11) is 1.92. The number of ether oxygens (including phenoxy) is 1. The number of carbonyl (C=O) groups is 1. The Morgan fingerprint density at radius 2 is 1.97 bits per heavy atom. The summed E-state index contributed by atoms with van der Waals surface area (Å²) in [5.74, 6) is -0.239. The van der Waals surface area contributed by atoms with Crippen molar-refractivity contribution in [3.05, 3.63) is 47.0 Å². The lowest BCUT2D eigenvalue weighted by Gasteiger charge is -2.56. The molecule has 1 amide bonds. The van der Waals surface area contributed by atoms with Crippen LogP contribution in [0.1, 0.15) is 24.2 Å². The Hall–Kier alpha value is -2.28. The van der Waals surface area contributed by atoms with Crippen molar-refractivity contribution in [2.45, 2.75) is 19.4 Å². The summed E-state index contributed by atoms with van der Waals surface area (Å²) in [6, 6.07) is 11.4. The number of nitrogens with one attached hydrogen (secondary N) is 2. The maximum atomic E-state index is 12.5. The number of amides is 1. The zero-order chi connectivity index (χ0) is 21.5. The van der Waals surface area contributed by atoms with E-state index in [1.54, 1.807) is 32.0 Å². The molecule has 0 saturated carbocycles. The van der Waals surface area contributed by atoms with Gasteiger partial charge in [-0.1, -0.05) is 17.7 Å². The normalized spacial score (nSPS) is 17.3. The minimum absolute atomic E-state index is 0.172. The van der Waals surface area contributed by atoms with Gasteiger partial charge in [-0.25, -0.2) is 0 Å². The minimum Gasteiger partial charge on any atom is -0.389 e. The van der Waals surface area contributed by atoms with Crippen molar-refractivity contribution >= 4 is 28.9 Å². The predicted molar refractivity (Wildman–Crippen MR) is 121 cm³/mol. The van der Waals surface area contributed by atoms with Gasteiger partial charge in [0.1, 0.15) is 0 Å². The molecule has 7 heteroatoms. The highest BCUT2D eigenvalue weighted by Gasteiger charge is 2.49. The van der Waals surface area contributed by atoms with Gasteiger partial charge in [0.05, 0.1) is 35.6 Å². The van der Waals surface area contributed by atoms with Crippen molar-refractivity contribution in [3.63, 3.8) is 0 Å². The topological polar surface area (TPSA) is 73.8 Å². The molecule has 2 aromatic carbocycles. The lowest BCUT2D eigenvalue weighted by Crippen LogP contribution is -2.66. The molecule has 0 aliphatic carbocycles. The lowest BCUT2D eigenvalue weighted by atomic mass is 9.77. The average Bonchev–Trinajstić information content (AvgIpc) is 2.63. The molecule has 0 atom stereocenters. The Bertz CT molecular complexity index is 959.